The number of hydrogen-bond donors (Lipinski definition) is 0. The van der Waals surface area contributed by atoms with E-state index in [1.165, 1.54) is 24.8 Å². The Balaban J connectivity index is 1.86. The van der Waals surface area contributed by atoms with Crippen molar-refractivity contribution >= 4 is 5.78 Å². The van der Waals surface area contributed by atoms with Crippen LogP contribution < -0.4 is 0 Å². The van der Waals surface area contributed by atoms with E-state index in [-0.39, 0.29) is 0 Å². The number of benzene rings is 1. The van der Waals surface area contributed by atoms with Crippen molar-refractivity contribution in [2.45, 2.75) is 50.7 Å². The second-order valence-corrected chi connectivity index (χ2v) is 6.18. The molecule has 1 aromatic rings. The van der Waals surface area contributed by atoms with Crippen LogP contribution >= 0.6 is 0 Å². The number of rotatable bonds is 2. The minimum absolute atomic E-state index is 0.494. The number of carbonyl (C=O) groups excluding carboxylic acids is 1. The molecule has 0 amide bonds. The van der Waals surface area contributed by atoms with Gasteiger partial charge in [0, 0.05) is 18.4 Å². The zero-order valence-electron chi connectivity index (χ0n) is 11.1. The van der Waals surface area contributed by atoms with Gasteiger partial charge in [0.15, 0.2) is 0 Å². The van der Waals surface area contributed by atoms with Gasteiger partial charge in [0.25, 0.3) is 0 Å². The maximum atomic E-state index is 11.8. The first-order chi connectivity index (χ1) is 8.68. The van der Waals surface area contributed by atoms with Crippen LogP contribution in [0, 0.1) is 0 Å². The molecule has 2 nitrogen and oxygen atoms in total. The number of Topliss-reactive ketones (excluding diaryl/α,β-unsaturated/α-hetero) is 1. The van der Waals surface area contributed by atoms with Gasteiger partial charge in [-0.3, -0.25) is 4.79 Å². The Morgan fingerprint density at radius 3 is 2.33 bits per heavy atom. The molecule has 2 atom stereocenters. The zero-order chi connectivity index (χ0) is 12.6. The Morgan fingerprint density at radius 2 is 1.72 bits per heavy atom. The van der Waals surface area contributed by atoms with Gasteiger partial charge in [0.1, 0.15) is 12.3 Å². The molecular formula is C16H22NO+. The third kappa shape index (κ3) is 1.99. The van der Waals surface area contributed by atoms with E-state index in [0.29, 0.717) is 17.9 Å². The van der Waals surface area contributed by atoms with E-state index in [4.69, 9.17) is 0 Å². The molecule has 0 radical (unpaired) electrons. The van der Waals surface area contributed by atoms with Crippen LogP contribution in [0.5, 0.6) is 0 Å². The van der Waals surface area contributed by atoms with Gasteiger partial charge in [-0.05, 0) is 6.42 Å². The summed E-state index contributed by atoms with van der Waals surface area (Å²) in [4.78, 5) is 11.8. The second-order valence-electron chi connectivity index (χ2n) is 6.18. The van der Waals surface area contributed by atoms with E-state index in [0.717, 1.165) is 23.9 Å². The monoisotopic (exact) mass is 244 g/mol. The Bertz CT molecular complexity index is 424. The number of carbonyl (C=O) groups is 1. The number of hydrogen-bond acceptors (Lipinski definition) is 1. The van der Waals surface area contributed by atoms with Crippen molar-refractivity contribution in [1.29, 1.82) is 0 Å². The molecule has 2 fully saturated rings. The molecule has 2 aliphatic rings. The Morgan fingerprint density at radius 1 is 1.11 bits per heavy atom. The van der Waals surface area contributed by atoms with E-state index in [9.17, 15) is 4.79 Å². The number of ketones is 1. The summed E-state index contributed by atoms with van der Waals surface area (Å²) in [5.74, 6) is 0.494. The Kier molecular flexibility index (Phi) is 2.98. The van der Waals surface area contributed by atoms with Gasteiger partial charge in [0.2, 0.25) is 0 Å². The van der Waals surface area contributed by atoms with Gasteiger partial charge in [-0.15, -0.1) is 0 Å². The van der Waals surface area contributed by atoms with Gasteiger partial charge >= 0.3 is 0 Å². The number of piperidine rings is 2. The molecular weight excluding hydrogens is 222 g/mol. The van der Waals surface area contributed by atoms with Gasteiger partial charge < -0.3 is 4.48 Å². The first-order valence-electron chi connectivity index (χ1n) is 7.09. The van der Waals surface area contributed by atoms with Crippen LogP contribution in [0.15, 0.2) is 30.3 Å². The van der Waals surface area contributed by atoms with E-state index in [2.05, 4.69) is 37.4 Å². The van der Waals surface area contributed by atoms with Crippen LogP contribution in [-0.4, -0.2) is 29.4 Å². The van der Waals surface area contributed by atoms with Crippen LogP contribution in [0.4, 0.5) is 0 Å². The molecule has 0 aliphatic carbocycles. The molecule has 3 rings (SSSR count). The summed E-state index contributed by atoms with van der Waals surface area (Å²) in [5, 5.41) is 0. The quantitative estimate of drug-likeness (QED) is 0.731. The molecule has 18 heavy (non-hydrogen) atoms. The summed E-state index contributed by atoms with van der Waals surface area (Å²) in [5.41, 5.74) is 1.41. The minimum atomic E-state index is 0.494. The predicted molar refractivity (Wildman–Crippen MR) is 72.0 cm³/mol. The average Bonchev–Trinajstić information content (AvgIpc) is 2.32. The first-order valence-corrected chi connectivity index (χ1v) is 7.09. The van der Waals surface area contributed by atoms with Crippen molar-refractivity contribution in [3.05, 3.63) is 35.9 Å². The van der Waals surface area contributed by atoms with E-state index < -0.39 is 0 Å². The molecule has 0 unspecified atom stereocenters. The van der Waals surface area contributed by atoms with Crippen molar-refractivity contribution in [3.63, 3.8) is 0 Å². The van der Waals surface area contributed by atoms with Gasteiger partial charge in [-0.1, -0.05) is 30.3 Å². The average molecular weight is 244 g/mol. The highest BCUT2D eigenvalue weighted by atomic mass is 16.1. The highest BCUT2D eigenvalue weighted by molar-refractivity contribution is 5.80. The lowest BCUT2D eigenvalue weighted by Gasteiger charge is -2.53. The van der Waals surface area contributed by atoms with Crippen molar-refractivity contribution in [1.82, 2.24) is 0 Å². The molecule has 0 saturated carbocycles. The molecule has 2 bridgehead atoms. The molecule has 0 aromatic heterocycles. The smallest absolute Gasteiger partial charge is 0.144 e. The molecule has 0 N–H and O–H groups in total. The Labute approximate surface area is 109 Å². The second kappa shape index (κ2) is 4.51. The normalized spacial score (nSPS) is 35.5. The maximum Gasteiger partial charge on any atom is 0.144 e. The number of fused-ring (bicyclic) bond motifs is 2. The fourth-order valence-corrected chi connectivity index (χ4v) is 3.94. The van der Waals surface area contributed by atoms with Crippen LogP contribution in [-0.2, 0) is 11.3 Å². The van der Waals surface area contributed by atoms with Crippen LogP contribution in [0.1, 0.15) is 37.7 Å². The van der Waals surface area contributed by atoms with Crippen molar-refractivity contribution < 1.29 is 9.28 Å². The van der Waals surface area contributed by atoms with Gasteiger partial charge in [-0.25, -0.2) is 0 Å². The van der Waals surface area contributed by atoms with Crippen molar-refractivity contribution in [2.24, 2.45) is 0 Å². The molecule has 2 heterocycles. The van der Waals surface area contributed by atoms with E-state index in [1.807, 2.05) is 0 Å². The predicted octanol–water partition coefficient (Wildman–Crippen LogP) is 2.92. The molecule has 2 aliphatic heterocycles. The van der Waals surface area contributed by atoms with Crippen LogP contribution in [0.2, 0.25) is 0 Å². The maximum absolute atomic E-state index is 11.8. The summed E-state index contributed by atoms with van der Waals surface area (Å²) < 4.78 is 1.09. The summed E-state index contributed by atoms with van der Waals surface area (Å²) in [6.07, 6.45) is 5.38. The lowest BCUT2D eigenvalue weighted by molar-refractivity contribution is -0.975. The molecule has 2 heteroatoms. The van der Waals surface area contributed by atoms with E-state index in [1.54, 1.807) is 0 Å². The summed E-state index contributed by atoms with van der Waals surface area (Å²) in [7, 11) is 2.37. The molecule has 96 valence electrons. The highest BCUT2D eigenvalue weighted by Crippen LogP contribution is 2.39. The van der Waals surface area contributed by atoms with Crippen LogP contribution in [0.3, 0.4) is 0 Å². The minimum Gasteiger partial charge on any atom is -0.317 e. The van der Waals surface area contributed by atoms with Crippen molar-refractivity contribution in [3.8, 4) is 0 Å². The lowest BCUT2D eigenvalue weighted by Crippen LogP contribution is -2.64. The SMILES string of the molecule is C[N+]1(Cc2ccccc2)[C@H]2CCC[C@H]1CC(=O)C2. The third-order valence-electron chi connectivity index (χ3n) is 5.04. The van der Waals surface area contributed by atoms with Gasteiger partial charge in [-0.2, -0.15) is 0 Å². The summed E-state index contributed by atoms with van der Waals surface area (Å²) in [6, 6.07) is 11.9. The number of nitrogens with zero attached hydrogens (tertiary/aromatic N) is 1. The fourth-order valence-electron chi connectivity index (χ4n) is 3.94. The van der Waals surface area contributed by atoms with E-state index >= 15 is 0 Å². The molecule has 0 spiro atoms. The fraction of sp³-hybridized carbons (Fsp3) is 0.562. The number of quaternary nitrogens is 1. The van der Waals surface area contributed by atoms with Gasteiger partial charge in [0.05, 0.1) is 32.0 Å². The zero-order valence-corrected chi connectivity index (χ0v) is 11.1. The first kappa shape index (κ1) is 11.9. The third-order valence-corrected chi connectivity index (χ3v) is 5.04. The molecule has 1 aromatic carbocycles. The van der Waals surface area contributed by atoms with Crippen LogP contribution in [0.25, 0.3) is 0 Å². The topological polar surface area (TPSA) is 17.1 Å². The standard InChI is InChI=1S/C16H22NO/c1-17(12-13-6-3-2-4-7-13)14-8-5-9-15(17)11-16(18)10-14/h2-4,6-7,14-15H,5,8-12H2,1H3/q+1/t14-,15-/m0/s1. The highest BCUT2D eigenvalue weighted by Gasteiger charge is 2.48. The summed E-state index contributed by atoms with van der Waals surface area (Å²) >= 11 is 0. The van der Waals surface area contributed by atoms with Crippen molar-refractivity contribution in [2.75, 3.05) is 7.05 Å². The molecule has 2 saturated heterocycles. The Hall–Kier alpha value is -1.15. The lowest BCUT2D eigenvalue weighted by atomic mass is 9.81. The summed E-state index contributed by atoms with van der Waals surface area (Å²) in [6.45, 7) is 1.09. The largest absolute Gasteiger partial charge is 0.317 e.